The Balaban J connectivity index is 1.67. The van der Waals surface area contributed by atoms with E-state index in [0.717, 1.165) is 12.0 Å². The summed E-state index contributed by atoms with van der Waals surface area (Å²) in [6.07, 6.45) is 7.60. The number of nitrogens with one attached hydrogen (secondary N) is 1. The maximum Gasteiger partial charge on any atom is 0.246 e. The minimum atomic E-state index is 0.000444. The minimum absolute atomic E-state index is 0.000444. The number of nitrogens with zero attached hydrogens (tertiary/aromatic N) is 3. The van der Waals surface area contributed by atoms with Crippen LogP contribution in [0.3, 0.4) is 0 Å². The van der Waals surface area contributed by atoms with E-state index in [2.05, 4.69) is 15.2 Å². The van der Waals surface area contributed by atoms with Crippen molar-refractivity contribution in [2.45, 2.75) is 6.42 Å². The van der Waals surface area contributed by atoms with Gasteiger partial charge in [0.15, 0.2) is 0 Å². The zero-order valence-corrected chi connectivity index (χ0v) is 14.7. The van der Waals surface area contributed by atoms with Crippen molar-refractivity contribution in [3.05, 3.63) is 36.2 Å². The van der Waals surface area contributed by atoms with Gasteiger partial charge in [0.25, 0.3) is 0 Å². The third-order valence-corrected chi connectivity index (χ3v) is 4.02. The molecule has 0 aromatic carbocycles. The zero-order valence-electron chi connectivity index (χ0n) is 14.7. The molecular formula is C18H26N4O3. The molecule has 1 aromatic rings. The number of pyridine rings is 1. The van der Waals surface area contributed by atoms with E-state index in [-0.39, 0.29) is 11.8 Å². The standard InChI is InChI=1S/C18H26N4O3/c1-25-14-2-7-20-17(23)15-21-10-12-22(13-11-21)18(24)4-3-16-5-8-19-9-6-16/h3-6,8-9H,2,7,10-15H2,1H3,(H,20,23)/b4-3+. The van der Waals surface area contributed by atoms with Crippen LogP contribution in [0.25, 0.3) is 6.08 Å². The van der Waals surface area contributed by atoms with Gasteiger partial charge in [-0.25, -0.2) is 0 Å². The summed E-state index contributed by atoms with van der Waals surface area (Å²) in [6, 6.07) is 3.71. The lowest BCUT2D eigenvalue weighted by Gasteiger charge is -2.33. The number of hydrogen-bond donors (Lipinski definition) is 1. The molecule has 1 aliphatic heterocycles. The molecule has 0 bridgehead atoms. The van der Waals surface area contributed by atoms with E-state index in [1.54, 1.807) is 31.7 Å². The number of aromatic nitrogens is 1. The first-order chi connectivity index (χ1) is 12.2. The molecule has 1 aliphatic rings. The van der Waals surface area contributed by atoms with E-state index < -0.39 is 0 Å². The highest BCUT2D eigenvalue weighted by Crippen LogP contribution is 2.05. The van der Waals surface area contributed by atoms with Crippen LogP contribution < -0.4 is 5.32 Å². The van der Waals surface area contributed by atoms with Gasteiger partial charge in [-0.2, -0.15) is 0 Å². The maximum atomic E-state index is 12.2. The van der Waals surface area contributed by atoms with Gasteiger partial charge in [0.05, 0.1) is 6.54 Å². The minimum Gasteiger partial charge on any atom is -0.385 e. The van der Waals surface area contributed by atoms with Gasteiger partial charge in [0.1, 0.15) is 0 Å². The van der Waals surface area contributed by atoms with Crippen molar-refractivity contribution in [1.82, 2.24) is 20.1 Å². The summed E-state index contributed by atoms with van der Waals surface area (Å²) in [5.41, 5.74) is 0.951. The fraction of sp³-hybridized carbons (Fsp3) is 0.500. The number of ether oxygens (including phenoxy) is 1. The summed E-state index contributed by atoms with van der Waals surface area (Å²) in [4.78, 5) is 31.9. The Morgan fingerprint density at radius 3 is 2.64 bits per heavy atom. The highest BCUT2D eigenvalue weighted by atomic mass is 16.5. The number of methoxy groups -OCH3 is 1. The largest absolute Gasteiger partial charge is 0.385 e. The van der Waals surface area contributed by atoms with E-state index in [0.29, 0.717) is 45.9 Å². The molecule has 1 fully saturated rings. The van der Waals surface area contributed by atoms with Gasteiger partial charge in [-0.1, -0.05) is 0 Å². The molecule has 1 N–H and O–H groups in total. The van der Waals surface area contributed by atoms with Crippen LogP contribution in [-0.4, -0.2) is 79.6 Å². The summed E-state index contributed by atoms with van der Waals surface area (Å²) in [6.45, 7) is 4.34. The van der Waals surface area contributed by atoms with Crippen LogP contribution in [-0.2, 0) is 14.3 Å². The summed E-state index contributed by atoms with van der Waals surface area (Å²) in [5, 5.41) is 2.88. The monoisotopic (exact) mass is 346 g/mol. The summed E-state index contributed by atoms with van der Waals surface area (Å²) < 4.78 is 4.95. The van der Waals surface area contributed by atoms with Crippen molar-refractivity contribution < 1.29 is 14.3 Å². The van der Waals surface area contributed by atoms with Crippen LogP contribution in [0.15, 0.2) is 30.6 Å². The second-order valence-corrected chi connectivity index (χ2v) is 5.91. The van der Waals surface area contributed by atoms with Crippen LogP contribution >= 0.6 is 0 Å². The number of rotatable bonds is 8. The molecule has 0 unspecified atom stereocenters. The second kappa shape index (κ2) is 10.6. The lowest BCUT2D eigenvalue weighted by Crippen LogP contribution is -2.50. The number of piperazine rings is 1. The van der Waals surface area contributed by atoms with Crippen LogP contribution in [0.2, 0.25) is 0 Å². The van der Waals surface area contributed by atoms with Gasteiger partial charge >= 0.3 is 0 Å². The summed E-state index contributed by atoms with van der Waals surface area (Å²) in [7, 11) is 1.65. The molecule has 0 atom stereocenters. The van der Waals surface area contributed by atoms with Crippen molar-refractivity contribution in [3.63, 3.8) is 0 Å². The van der Waals surface area contributed by atoms with E-state index in [4.69, 9.17) is 4.74 Å². The highest BCUT2D eigenvalue weighted by molar-refractivity contribution is 5.91. The lowest BCUT2D eigenvalue weighted by atomic mass is 10.2. The van der Waals surface area contributed by atoms with Gasteiger partial charge in [0.2, 0.25) is 11.8 Å². The van der Waals surface area contributed by atoms with Gasteiger partial charge in [0, 0.05) is 64.9 Å². The van der Waals surface area contributed by atoms with E-state index in [1.165, 1.54) is 0 Å². The van der Waals surface area contributed by atoms with Crippen molar-refractivity contribution in [2.24, 2.45) is 0 Å². The Hall–Kier alpha value is -2.25. The lowest BCUT2D eigenvalue weighted by molar-refractivity contribution is -0.128. The third-order valence-electron chi connectivity index (χ3n) is 4.02. The highest BCUT2D eigenvalue weighted by Gasteiger charge is 2.20. The predicted octanol–water partition coefficient (Wildman–Crippen LogP) is 0.392. The van der Waals surface area contributed by atoms with Crippen LogP contribution in [0.4, 0.5) is 0 Å². The Kier molecular flexibility index (Phi) is 8.08. The van der Waals surface area contributed by atoms with Crippen LogP contribution in [0.5, 0.6) is 0 Å². The molecule has 2 heterocycles. The van der Waals surface area contributed by atoms with Crippen LogP contribution in [0, 0.1) is 0 Å². The van der Waals surface area contributed by atoms with Crippen molar-refractivity contribution in [3.8, 4) is 0 Å². The number of carbonyl (C=O) groups excluding carboxylic acids is 2. The fourth-order valence-electron chi connectivity index (χ4n) is 2.58. The third kappa shape index (κ3) is 7.03. The first-order valence-corrected chi connectivity index (χ1v) is 8.54. The molecule has 0 spiro atoms. The van der Waals surface area contributed by atoms with E-state index in [1.807, 2.05) is 17.0 Å². The maximum absolute atomic E-state index is 12.2. The average Bonchev–Trinajstić information content (AvgIpc) is 2.65. The molecule has 25 heavy (non-hydrogen) atoms. The zero-order chi connectivity index (χ0) is 17.9. The molecule has 136 valence electrons. The van der Waals surface area contributed by atoms with Gasteiger partial charge in [-0.05, 0) is 30.2 Å². The molecule has 2 amide bonds. The first kappa shape index (κ1) is 19.1. The van der Waals surface area contributed by atoms with Crippen LogP contribution in [0.1, 0.15) is 12.0 Å². The molecule has 1 saturated heterocycles. The predicted molar refractivity (Wildman–Crippen MR) is 95.8 cm³/mol. The van der Waals surface area contributed by atoms with Gasteiger partial charge in [-0.15, -0.1) is 0 Å². The summed E-state index contributed by atoms with van der Waals surface area (Å²) in [5.74, 6) is 0.0222. The number of amides is 2. The summed E-state index contributed by atoms with van der Waals surface area (Å²) >= 11 is 0. The SMILES string of the molecule is COCCCNC(=O)CN1CCN(C(=O)/C=C/c2ccncc2)CC1. The fourth-order valence-corrected chi connectivity index (χ4v) is 2.58. The average molecular weight is 346 g/mol. The van der Waals surface area contributed by atoms with Crippen molar-refractivity contribution in [2.75, 3.05) is 53.0 Å². The number of hydrogen-bond acceptors (Lipinski definition) is 5. The Labute approximate surface area is 148 Å². The number of carbonyl (C=O) groups is 2. The quantitative estimate of drug-likeness (QED) is 0.544. The van der Waals surface area contributed by atoms with E-state index >= 15 is 0 Å². The van der Waals surface area contributed by atoms with Crippen molar-refractivity contribution >= 4 is 17.9 Å². The second-order valence-electron chi connectivity index (χ2n) is 5.91. The molecule has 0 aliphatic carbocycles. The Morgan fingerprint density at radius 1 is 1.24 bits per heavy atom. The molecule has 2 rings (SSSR count). The topological polar surface area (TPSA) is 74.8 Å². The first-order valence-electron chi connectivity index (χ1n) is 8.54. The molecule has 7 heteroatoms. The van der Waals surface area contributed by atoms with Gasteiger partial charge in [-0.3, -0.25) is 19.5 Å². The van der Waals surface area contributed by atoms with Gasteiger partial charge < -0.3 is 15.0 Å². The molecule has 0 saturated carbocycles. The Morgan fingerprint density at radius 2 is 1.96 bits per heavy atom. The molecule has 1 aromatic heterocycles. The molecular weight excluding hydrogens is 320 g/mol. The smallest absolute Gasteiger partial charge is 0.246 e. The normalized spacial score (nSPS) is 15.5. The molecule has 7 nitrogen and oxygen atoms in total. The van der Waals surface area contributed by atoms with Crippen molar-refractivity contribution in [1.29, 1.82) is 0 Å². The Bertz CT molecular complexity index is 569. The molecule has 0 radical (unpaired) electrons. The van der Waals surface area contributed by atoms with E-state index in [9.17, 15) is 9.59 Å².